The van der Waals surface area contributed by atoms with Crippen molar-refractivity contribution < 1.29 is 4.79 Å². The maximum Gasteiger partial charge on any atom is 0.240 e. The summed E-state index contributed by atoms with van der Waals surface area (Å²) in [7, 11) is 0. The van der Waals surface area contributed by atoms with Gasteiger partial charge in [0.2, 0.25) is 5.91 Å². The number of carbonyl (C=O) groups is 1. The van der Waals surface area contributed by atoms with Crippen molar-refractivity contribution in [2.75, 3.05) is 13.1 Å². The third-order valence-corrected chi connectivity index (χ3v) is 3.01. The fourth-order valence-electron chi connectivity index (χ4n) is 1.80. The lowest BCUT2D eigenvalue weighted by Crippen LogP contribution is -2.39. The summed E-state index contributed by atoms with van der Waals surface area (Å²) in [6.07, 6.45) is 3.14. The third kappa shape index (κ3) is 3.23. The van der Waals surface area contributed by atoms with Crippen LogP contribution in [-0.4, -0.2) is 29.3 Å². The molecule has 0 bridgehead atoms. The molecule has 3 heteroatoms. The molecule has 86 valence electrons. The van der Waals surface area contributed by atoms with Gasteiger partial charge in [0, 0.05) is 13.1 Å². The molecule has 0 saturated heterocycles. The van der Waals surface area contributed by atoms with E-state index in [1.807, 2.05) is 4.90 Å². The van der Waals surface area contributed by atoms with E-state index in [0.29, 0.717) is 6.54 Å². The highest BCUT2D eigenvalue weighted by atomic mass is 35.5. The molecule has 0 aromatic carbocycles. The second kappa shape index (κ2) is 4.56. The lowest BCUT2D eigenvalue weighted by atomic mass is 9.83. The molecule has 1 rings (SSSR count). The van der Waals surface area contributed by atoms with E-state index >= 15 is 0 Å². The van der Waals surface area contributed by atoms with Crippen molar-refractivity contribution in [2.24, 2.45) is 5.41 Å². The Kier molecular flexibility index (Phi) is 3.82. The van der Waals surface area contributed by atoms with Gasteiger partial charge < -0.3 is 4.90 Å². The lowest BCUT2D eigenvalue weighted by Gasteiger charge is -2.32. The van der Waals surface area contributed by atoms with Crippen LogP contribution in [0.1, 0.15) is 34.1 Å². The first-order chi connectivity index (χ1) is 6.82. The molecule has 0 N–H and O–H groups in total. The van der Waals surface area contributed by atoms with Crippen LogP contribution in [0.5, 0.6) is 0 Å². The number of nitrogens with zero attached hydrogens (tertiary/aromatic N) is 1. The molecule has 1 unspecified atom stereocenters. The topological polar surface area (TPSA) is 20.3 Å². The Bertz CT molecular complexity index is 276. The van der Waals surface area contributed by atoms with Crippen LogP contribution in [-0.2, 0) is 4.79 Å². The van der Waals surface area contributed by atoms with Crippen molar-refractivity contribution in [3.8, 4) is 0 Å². The van der Waals surface area contributed by atoms with E-state index in [9.17, 15) is 4.79 Å². The minimum atomic E-state index is -0.408. The van der Waals surface area contributed by atoms with Crippen molar-refractivity contribution in [1.29, 1.82) is 0 Å². The Hall–Kier alpha value is -0.500. The Morgan fingerprint density at radius 1 is 1.53 bits per heavy atom. The van der Waals surface area contributed by atoms with Crippen LogP contribution in [0, 0.1) is 5.41 Å². The zero-order chi connectivity index (χ0) is 11.6. The van der Waals surface area contributed by atoms with Gasteiger partial charge in [-0.3, -0.25) is 4.79 Å². The number of alkyl halides is 1. The fraction of sp³-hybridized carbons (Fsp3) is 0.750. The number of hydrogen-bond acceptors (Lipinski definition) is 1. The molecule has 1 heterocycles. The number of rotatable bonds is 1. The van der Waals surface area contributed by atoms with E-state index in [-0.39, 0.29) is 11.3 Å². The molecule has 1 atom stereocenters. The van der Waals surface area contributed by atoms with Crippen LogP contribution in [0.2, 0.25) is 0 Å². The summed E-state index contributed by atoms with van der Waals surface area (Å²) in [5, 5.41) is -0.408. The number of halogens is 1. The van der Waals surface area contributed by atoms with Crippen molar-refractivity contribution >= 4 is 17.5 Å². The van der Waals surface area contributed by atoms with Crippen LogP contribution in [0.25, 0.3) is 0 Å². The summed E-state index contributed by atoms with van der Waals surface area (Å²) in [4.78, 5) is 13.4. The average molecular weight is 230 g/mol. The summed E-state index contributed by atoms with van der Waals surface area (Å²) < 4.78 is 0. The smallest absolute Gasteiger partial charge is 0.240 e. The van der Waals surface area contributed by atoms with Gasteiger partial charge in [-0.05, 0) is 18.8 Å². The molecule has 15 heavy (non-hydrogen) atoms. The normalized spacial score (nSPS) is 19.8. The maximum absolute atomic E-state index is 11.6. The molecule has 0 radical (unpaired) electrons. The van der Waals surface area contributed by atoms with Gasteiger partial charge in [-0.25, -0.2) is 0 Å². The molecule has 1 aliphatic rings. The van der Waals surface area contributed by atoms with Crippen LogP contribution in [0.15, 0.2) is 11.6 Å². The zero-order valence-corrected chi connectivity index (χ0v) is 10.8. The van der Waals surface area contributed by atoms with E-state index in [1.54, 1.807) is 6.92 Å². The molecular formula is C12H20ClNO. The number of hydrogen-bond donors (Lipinski definition) is 0. The molecule has 0 saturated carbocycles. The van der Waals surface area contributed by atoms with E-state index in [2.05, 4.69) is 26.8 Å². The van der Waals surface area contributed by atoms with Gasteiger partial charge >= 0.3 is 0 Å². The molecule has 0 aromatic rings. The predicted molar refractivity (Wildman–Crippen MR) is 64.1 cm³/mol. The molecule has 0 aliphatic carbocycles. The summed E-state index contributed by atoms with van der Waals surface area (Å²) in [5.74, 6) is 0.0425. The summed E-state index contributed by atoms with van der Waals surface area (Å²) in [6.45, 7) is 9.87. The lowest BCUT2D eigenvalue weighted by molar-refractivity contribution is -0.130. The predicted octanol–water partition coefficient (Wildman–Crippen LogP) is 2.82. The van der Waals surface area contributed by atoms with Crippen LogP contribution < -0.4 is 0 Å². The van der Waals surface area contributed by atoms with Gasteiger partial charge in [-0.15, -0.1) is 11.6 Å². The average Bonchev–Trinajstić information content (AvgIpc) is 2.15. The molecule has 2 nitrogen and oxygen atoms in total. The van der Waals surface area contributed by atoms with Gasteiger partial charge in [-0.1, -0.05) is 32.4 Å². The van der Waals surface area contributed by atoms with E-state index in [1.165, 1.54) is 5.57 Å². The van der Waals surface area contributed by atoms with E-state index in [0.717, 1.165) is 13.0 Å². The standard InChI is InChI=1S/C12H20ClNO/c1-9(13)11(15)14-7-5-10(6-8-14)12(2,3)4/h5,9H,6-8H2,1-4H3. The van der Waals surface area contributed by atoms with Crippen molar-refractivity contribution in [3.63, 3.8) is 0 Å². The summed E-state index contributed by atoms with van der Waals surface area (Å²) >= 11 is 5.78. The van der Waals surface area contributed by atoms with Crippen molar-refractivity contribution in [2.45, 2.75) is 39.5 Å². The Morgan fingerprint density at radius 3 is 2.47 bits per heavy atom. The third-order valence-electron chi connectivity index (χ3n) is 2.82. The molecule has 0 spiro atoms. The molecule has 1 aliphatic heterocycles. The van der Waals surface area contributed by atoms with Crippen LogP contribution in [0.3, 0.4) is 0 Å². The van der Waals surface area contributed by atoms with Crippen LogP contribution in [0.4, 0.5) is 0 Å². The molecular weight excluding hydrogens is 210 g/mol. The van der Waals surface area contributed by atoms with Gasteiger partial charge in [0.15, 0.2) is 0 Å². The van der Waals surface area contributed by atoms with E-state index in [4.69, 9.17) is 11.6 Å². The summed E-state index contributed by atoms with van der Waals surface area (Å²) in [6, 6.07) is 0. The van der Waals surface area contributed by atoms with Gasteiger partial charge in [-0.2, -0.15) is 0 Å². The summed E-state index contributed by atoms with van der Waals surface area (Å²) in [5.41, 5.74) is 1.66. The van der Waals surface area contributed by atoms with Gasteiger partial charge in [0.1, 0.15) is 5.38 Å². The first-order valence-corrected chi connectivity index (χ1v) is 5.88. The number of amides is 1. The first kappa shape index (κ1) is 12.6. The van der Waals surface area contributed by atoms with Crippen molar-refractivity contribution in [1.82, 2.24) is 4.90 Å². The Balaban J connectivity index is 2.62. The molecule has 0 fully saturated rings. The number of carbonyl (C=O) groups excluding carboxylic acids is 1. The van der Waals surface area contributed by atoms with Crippen LogP contribution >= 0.6 is 11.6 Å². The SMILES string of the molecule is CC(Cl)C(=O)N1CC=C(C(C)(C)C)CC1. The highest BCUT2D eigenvalue weighted by Crippen LogP contribution is 2.30. The Morgan fingerprint density at radius 2 is 2.13 bits per heavy atom. The Labute approximate surface area is 97.3 Å². The fourth-order valence-corrected chi connectivity index (χ4v) is 1.94. The van der Waals surface area contributed by atoms with Gasteiger partial charge in [0.25, 0.3) is 0 Å². The second-order valence-electron chi connectivity index (χ2n) is 5.13. The highest BCUT2D eigenvalue weighted by molar-refractivity contribution is 6.30. The van der Waals surface area contributed by atoms with Gasteiger partial charge in [0.05, 0.1) is 0 Å². The monoisotopic (exact) mass is 229 g/mol. The first-order valence-electron chi connectivity index (χ1n) is 5.44. The quantitative estimate of drug-likeness (QED) is 0.500. The zero-order valence-electron chi connectivity index (χ0n) is 10.0. The largest absolute Gasteiger partial charge is 0.337 e. The highest BCUT2D eigenvalue weighted by Gasteiger charge is 2.24. The molecule has 0 aromatic heterocycles. The molecule has 1 amide bonds. The minimum absolute atomic E-state index is 0.0425. The maximum atomic E-state index is 11.6. The second-order valence-corrected chi connectivity index (χ2v) is 5.78. The minimum Gasteiger partial charge on any atom is -0.337 e. The van der Waals surface area contributed by atoms with E-state index < -0.39 is 5.38 Å². The van der Waals surface area contributed by atoms with Crippen molar-refractivity contribution in [3.05, 3.63) is 11.6 Å².